The molecule has 0 bridgehead atoms. The maximum absolute atomic E-state index is 12.2. The van der Waals surface area contributed by atoms with Crippen LogP contribution < -0.4 is 9.46 Å². The molecule has 0 unspecified atom stereocenters. The standard InChI is InChI=1S/C20H24BrNO4S/c1-13(2)18-8-7-17(10-15(18)4)26-11-20(23)22-27(24,25)12-16-6-5-14(3)9-19(16)21/h5-10,13H,11-12H2,1-4H3,(H,22,23). The molecule has 0 atom stereocenters. The summed E-state index contributed by atoms with van der Waals surface area (Å²) in [4.78, 5) is 12.0. The largest absolute Gasteiger partial charge is 0.484 e. The summed E-state index contributed by atoms with van der Waals surface area (Å²) in [5.41, 5.74) is 3.87. The van der Waals surface area contributed by atoms with Gasteiger partial charge in [0.25, 0.3) is 5.91 Å². The Balaban J connectivity index is 1.95. The third-order valence-corrected chi connectivity index (χ3v) is 6.02. The number of hydrogen-bond acceptors (Lipinski definition) is 4. The fourth-order valence-electron chi connectivity index (χ4n) is 2.75. The van der Waals surface area contributed by atoms with Crippen molar-refractivity contribution in [1.29, 1.82) is 0 Å². The number of sulfonamides is 1. The maximum Gasteiger partial charge on any atom is 0.271 e. The van der Waals surface area contributed by atoms with Crippen LogP contribution in [0.15, 0.2) is 40.9 Å². The average molecular weight is 454 g/mol. The lowest BCUT2D eigenvalue weighted by Gasteiger charge is -2.13. The Labute approximate surface area is 169 Å². The van der Waals surface area contributed by atoms with Gasteiger partial charge >= 0.3 is 0 Å². The van der Waals surface area contributed by atoms with Gasteiger partial charge in [-0.05, 0) is 60.2 Å². The lowest BCUT2D eigenvalue weighted by molar-refractivity contribution is -0.121. The first-order chi connectivity index (χ1) is 12.6. The smallest absolute Gasteiger partial charge is 0.271 e. The summed E-state index contributed by atoms with van der Waals surface area (Å²) in [6, 6.07) is 11.0. The van der Waals surface area contributed by atoms with Gasteiger partial charge in [0, 0.05) is 4.47 Å². The van der Waals surface area contributed by atoms with Crippen molar-refractivity contribution >= 4 is 31.9 Å². The van der Waals surface area contributed by atoms with Crippen molar-refractivity contribution in [2.24, 2.45) is 0 Å². The van der Waals surface area contributed by atoms with E-state index in [0.717, 1.165) is 11.1 Å². The van der Waals surface area contributed by atoms with Gasteiger partial charge in [0.2, 0.25) is 10.0 Å². The Morgan fingerprint density at radius 2 is 1.85 bits per heavy atom. The highest BCUT2D eigenvalue weighted by atomic mass is 79.9. The van der Waals surface area contributed by atoms with E-state index >= 15 is 0 Å². The molecule has 0 heterocycles. The Morgan fingerprint density at radius 1 is 1.15 bits per heavy atom. The zero-order valence-corrected chi connectivity index (χ0v) is 18.3. The molecule has 5 nitrogen and oxygen atoms in total. The molecule has 2 aromatic carbocycles. The van der Waals surface area contributed by atoms with Gasteiger partial charge in [0.05, 0.1) is 5.75 Å². The van der Waals surface area contributed by atoms with E-state index in [2.05, 4.69) is 29.8 Å². The molecular formula is C20H24BrNO4S. The van der Waals surface area contributed by atoms with Crippen LogP contribution in [0.1, 0.15) is 42.0 Å². The number of carbonyl (C=O) groups is 1. The minimum absolute atomic E-state index is 0.290. The molecule has 0 aliphatic rings. The number of amides is 1. The van der Waals surface area contributed by atoms with Gasteiger partial charge in [0.15, 0.2) is 6.61 Å². The molecule has 0 aromatic heterocycles. The van der Waals surface area contributed by atoms with Crippen LogP contribution in [0.4, 0.5) is 0 Å². The molecule has 1 amide bonds. The first-order valence-electron chi connectivity index (χ1n) is 8.59. The van der Waals surface area contributed by atoms with Gasteiger partial charge in [-0.3, -0.25) is 4.79 Å². The van der Waals surface area contributed by atoms with E-state index in [9.17, 15) is 13.2 Å². The van der Waals surface area contributed by atoms with E-state index in [1.807, 2.05) is 42.8 Å². The number of halogens is 1. The Hall–Kier alpha value is -1.86. The lowest BCUT2D eigenvalue weighted by Crippen LogP contribution is -2.35. The van der Waals surface area contributed by atoms with Crippen molar-refractivity contribution < 1.29 is 17.9 Å². The van der Waals surface area contributed by atoms with E-state index in [4.69, 9.17) is 4.74 Å². The highest BCUT2D eigenvalue weighted by Gasteiger charge is 2.17. The molecule has 27 heavy (non-hydrogen) atoms. The monoisotopic (exact) mass is 453 g/mol. The Bertz CT molecular complexity index is 939. The van der Waals surface area contributed by atoms with Crippen LogP contribution in [-0.2, 0) is 20.6 Å². The number of benzene rings is 2. The zero-order valence-electron chi connectivity index (χ0n) is 15.9. The summed E-state index contributed by atoms with van der Waals surface area (Å²) in [6.07, 6.45) is 0. The van der Waals surface area contributed by atoms with Gasteiger partial charge in [-0.2, -0.15) is 0 Å². The number of aryl methyl sites for hydroxylation is 2. The normalized spacial score (nSPS) is 11.5. The van der Waals surface area contributed by atoms with Crippen LogP contribution in [0.5, 0.6) is 5.75 Å². The second-order valence-corrected chi connectivity index (χ2v) is 9.42. The molecule has 0 fully saturated rings. The van der Waals surface area contributed by atoms with Crippen molar-refractivity contribution in [3.63, 3.8) is 0 Å². The van der Waals surface area contributed by atoms with Gasteiger partial charge in [-0.25, -0.2) is 13.1 Å². The second-order valence-electron chi connectivity index (χ2n) is 6.84. The molecule has 0 saturated carbocycles. The predicted octanol–water partition coefficient (Wildman–Crippen LogP) is 4.21. The molecule has 0 aliphatic heterocycles. The van der Waals surface area contributed by atoms with Crippen LogP contribution in [0.25, 0.3) is 0 Å². The van der Waals surface area contributed by atoms with Gasteiger partial charge in [-0.15, -0.1) is 0 Å². The number of carbonyl (C=O) groups excluding carboxylic acids is 1. The summed E-state index contributed by atoms with van der Waals surface area (Å²) >= 11 is 3.35. The van der Waals surface area contributed by atoms with E-state index in [0.29, 0.717) is 21.7 Å². The zero-order chi connectivity index (χ0) is 20.2. The van der Waals surface area contributed by atoms with Crippen LogP contribution in [0.2, 0.25) is 0 Å². The third kappa shape index (κ3) is 6.36. The minimum Gasteiger partial charge on any atom is -0.484 e. The first-order valence-corrected chi connectivity index (χ1v) is 11.0. The van der Waals surface area contributed by atoms with Gasteiger partial charge < -0.3 is 4.74 Å². The molecule has 0 saturated heterocycles. The second kappa shape index (κ2) is 8.89. The predicted molar refractivity (Wildman–Crippen MR) is 110 cm³/mol. The summed E-state index contributed by atoms with van der Waals surface area (Å²) in [6.45, 7) is 7.74. The van der Waals surface area contributed by atoms with E-state index < -0.39 is 15.9 Å². The summed E-state index contributed by atoms with van der Waals surface area (Å²) < 4.78 is 32.6. The number of hydrogen-bond donors (Lipinski definition) is 1. The molecule has 0 spiro atoms. The van der Waals surface area contributed by atoms with E-state index in [1.54, 1.807) is 12.1 Å². The Kier molecular flexibility index (Phi) is 7.06. The van der Waals surface area contributed by atoms with Gasteiger partial charge in [-0.1, -0.05) is 48.0 Å². The van der Waals surface area contributed by atoms with Crippen LogP contribution in [0, 0.1) is 13.8 Å². The SMILES string of the molecule is Cc1ccc(CS(=O)(=O)NC(=O)COc2ccc(C(C)C)c(C)c2)c(Br)c1. The topological polar surface area (TPSA) is 72.5 Å². The lowest BCUT2D eigenvalue weighted by atomic mass is 9.98. The van der Waals surface area contributed by atoms with Crippen molar-refractivity contribution in [3.8, 4) is 5.75 Å². The van der Waals surface area contributed by atoms with Crippen molar-refractivity contribution in [2.45, 2.75) is 39.4 Å². The quantitative estimate of drug-likeness (QED) is 0.680. The highest BCUT2D eigenvalue weighted by molar-refractivity contribution is 9.10. The van der Waals surface area contributed by atoms with Crippen molar-refractivity contribution in [2.75, 3.05) is 6.61 Å². The average Bonchev–Trinajstić information content (AvgIpc) is 2.55. The first kappa shape index (κ1) is 21.4. The molecule has 0 radical (unpaired) electrons. The third-order valence-electron chi connectivity index (χ3n) is 4.06. The number of nitrogens with one attached hydrogen (secondary N) is 1. The van der Waals surface area contributed by atoms with Crippen molar-refractivity contribution in [3.05, 3.63) is 63.1 Å². The fourth-order valence-corrected chi connectivity index (χ4v) is 4.71. The highest BCUT2D eigenvalue weighted by Crippen LogP contribution is 2.23. The van der Waals surface area contributed by atoms with Crippen molar-refractivity contribution in [1.82, 2.24) is 4.72 Å². The maximum atomic E-state index is 12.2. The molecular weight excluding hydrogens is 430 g/mol. The molecule has 7 heteroatoms. The van der Waals surface area contributed by atoms with E-state index in [-0.39, 0.29) is 12.4 Å². The van der Waals surface area contributed by atoms with E-state index in [1.165, 1.54) is 5.56 Å². The number of rotatable bonds is 7. The molecule has 2 rings (SSSR count). The van der Waals surface area contributed by atoms with Gasteiger partial charge in [0.1, 0.15) is 5.75 Å². The molecule has 146 valence electrons. The summed E-state index contributed by atoms with van der Waals surface area (Å²) in [5, 5.41) is 0. The molecule has 0 aliphatic carbocycles. The number of ether oxygens (including phenoxy) is 1. The fraction of sp³-hybridized carbons (Fsp3) is 0.350. The van der Waals surface area contributed by atoms with Crippen LogP contribution >= 0.6 is 15.9 Å². The minimum atomic E-state index is -3.81. The van der Waals surface area contributed by atoms with Crippen LogP contribution in [0.3, 0.4) is 0 Å². The van der Waals surface area contributed by atoms with Crippen LogP contribution in [-0.4, -0.2) is 20.9 Å². The Morgan fingerprint density at radius 3 is 2.44 bits per heavy atom. The summed E-state index contributed by atoms with van der Waals surface area (Å²) in [5.74, 6) is -0.0648. The summed E-state index contributed by atoms with van der Waals surface area (Å²) in [7, 11) is -3.81. The molecule has 2 aromatic rings. The molecule has 1 N–H and O–H groups in total.